The van der Waals surface area contributed by atoms with Gasteiger partial charge in [-0.3, -0.25) is 4.79 Å². The quantitative estimate of drug-likeness (QED) is 0.539. The fourth-order valence-electron chi connectivity index (χ4n) is 4.06. The van der Waals surface area contributed by atoms with E-state index in [1.165, 1.54) is 11.1 Å². The van der Waals surface area contributed by atoms with Crippen molar-refractivity contribution in [1.82, 2.24) is 24.4 Å². The van der Waals surface area contributed by atoms with E-state index >= 15 is 8.78 Å². The first-order valence-electron chi connectivity index (χ1n) is 10.5. The SMILES string of the molecule is Cc1c[nH]c2ncc(N3CC[C@@H](N(C)C(=O)Nc4cc(C(F)(F)F)cn(C)c4=O)C(F)(F)C3)nc12. The third kappa shape index (κ3) is 4.64. The number of urea groups is 1. The van der Waals surface area contributed by atoms with Gasteiger partial charge in [-0.1, -0.05) is 0 Å². The first kappa shape index (κ1) is 24.4. The minimum absolute atomic E-state index is 0.132. The molecule has 2 amide bonds. The predicted octanol–water partition coefficient (Wildman–Crippen LogP) is 3.36. The number of halogens is 5. The number of aryl methyl sites for hydroxylation is 2. The summed E-state index contributed by atoms with van der Waals surface area (Å²) in [5.41, 5.74) is -0.821. The number of amides is 2. The van der Waals surface area contributed by atoms with Gasteiger partial charge in [0, 0.05) is 33.0 Å². The van der Waals surface area contributed by atoms with Crippen molar-refractivity contribution < 1.29 is 26.7 Å². The van der Waals surface area contributed by atoms with E-state index in [1.54, 1.807) is 6.20 Å². The Bertz CT molecular complexity index is 1330. The summed E-state index contributed by atoms with van der Waals surface area (Å²) in [5, 5.41) is 2.05. The van der Waals surface area contributed by atoms with E-state index in [1.807, 2.05) is 12.2 Å². The number of anilines is 2. The molecule has 3 aromatic rings. The van der Waals surface area contributed by atoms with E-state index in [0.717, 1.165) is 19.7 Å². The Morgan fingerprint density at radius 3 is 2.71 bits per heavy atom. The average Bonchev–Trinajstić information content (AvgIpc) is 3.15. The van der Waals surface area contributed by atoms with Crippen molar-refractivity contribution in [1.29, 1.82) is 0 Å². The summed E-state index contributed by atoms with van der Waals surface area (Å²) in [6.07, 6.45) is -1.24. The molecule has 0 aliphatic carbocycles. The van der Waals surface area contributed by atoms with Crippen LogP contribution in [0.25, 0.3) is 11.2 Å². The number of fused-ring (bicyclic) bond motifs is 1. The first-order valence-corrected chi connectivity index (χ1v) is 10.5. The molecule has 4 rings (SSSR count). The molecule has 0 saturated carbocycles. The molecule has 0 bridgehead atoms. The number of pyridine rings is 1. The molecular weight excluding hydrogens is 477 g/mol. The molecule has 188 valence electrons. The van der Waals surface area contributed by atoms with Crippen LogP contribution in [-0.4, -0.2) is 62.6 Å². The van der Waals surface area contributed by atoms with E-state index in [4.69, 9.17) is 0 Å². The van der Waals surface area contributed by atoms with Crippen LogP contribution in [0.3, 0.4) is 0 Å². The second kappa shape index (κ2) is 8.50. The Labute approximate surface area is 195 Å². The fraction of sp³-hybridized carbons (Fsp3) is 0.429. The van der Waals surface area contributed by atoms with Gasteiger partial charge in [0.1, 0.15) is 23.1 Å². The number of alkyl halides is 5. The molecule has 9 nitrogen and oxygen atoms in total. The highest BCUT2D eigenvalue weighted by Crippen LogP contribution is 2.34. The Balaban J connectivity index is 1.51. The summed E-state index contributed by atoms with van der Waals surface area (Å²) in [5.74, 6) is -3.12. The van der Waals surface area contributed by atoms with Crippen molar-refractivity contribution in [3.63, 3.8) is 0 Å². The van der Waals surface area contributed by atoms with Gasteiger partial charge in [-0.25, -0.2) is 23.5 Å². The molecule has 35 heavy (non-hydrogen) atoms. The van der Waals surface area contributed by atoms with Crippen LogP contribution in [0.2, 0.25) is 0 Å². The van der Waals surface area contributed by atoms with Crippen LogP contribution in [0.1, 0.15) is 17.5 Å². The maximum Gasteiger partial charge on any atom is 0.417 e. The largest absolute Gasteiger partial charge is 0.417 e. The Morgan fingerprint density at radius 2 is 2.06 bits per heavy atom. The Kier molecular flexibility index (Phi) is 5.93. The maximum absolute atomic E-state index is 15.1. The molecule has 1 aliphatic heterocycles. The summed E-state index contributed by atoms with van der Waals surface area (Å²) >= 11 is 0. The van der Waals surface area contributed by atoms with Crippen molar-refractivity contribution in [2.45, 2.75) is 31.5 Å². The highest BCUT2D eigenvalue weighted by Gasteiger charge is 2.48. The third-order valence-corrected chi connectivity index (χ3v) is 5.98. The van der Waals surface area contributed by atoms with Gasteiger partial charge in [0.25, 0.3) is 11.5 Å². The van der Waals surface area contributed by atoms with Crippen LogP contribution in [0, 0.1) is 6.92 Å². The molecule has 0 aromatic carbocycles. The molecule has 0 unspecified atom stereocenters. The van der Waals surface area contributed by atoms with Gasteiger partial charge in [0.15, 0.2) is 5.65 Å². The lowest BCUT2D eigenvalue weighted by atomic mass is 9.99. The number of nitrogens with zero attached hydrogens (tertiary/aromatic N) is 5. The minimum atomic E-state index is -4.76. The minimum Gasteiger partial charge on any atom is -0.349 e. The van der Waals surface area contributed by atoms with E-state index < -0.39 is 47.5 Å². The van der Waals surface area contributed by atoms with E-state index in [-0.39, 0.29) is 18.8 Å². The van der Waals surface area contributed by atoms with Gasteiger partial charge >= 0.3 is 12.2 Å². The molecule has 1 saturated heterocycles. The van der Waals surface area contributed by atoms with Gasteiger partial charge in [-0.15, -0.1) is 0 Å². The standard InChI is InChI=1S/C21H22F5N7O2/c1-11-7-27-17-16(11)30-15(8-28-17)33-5-4-14(20(22,23)10-33)32(3)19(35)29-13-6-12(21(24,25)26)9-31(2)18(13)34/h6-9,14H,4-5,10H2,1-3H3,(H,27,28)(H,29,35)/t14-/m1/s1. The fourth-order valence-corrected chi connectivity index (χ4v) is 4.06. The van der Waals surface area contributed by atoms with Gasteiger partial charge in [0.2, 0.25) is 0 Å². The van der Waals surface area contributed by atoms with Crippen LogP contribution in [-0.2, 0) is 13.2 Å². The molecule has 1 fully saturated rings. The maximum atomic E-state index is 15.1. The normalized spacial score (nSPS) is 18.1. The van der Waals surface area contributed by atoms with Crippen LogP contribution in [0.5, 0.6) is 0 Å². The van der Waals surface area contributed by atoms with Gasteiger partial charge < -0.3 is 24.7 Å². The summed E-state index contributed by atoms with van der Waals surface area (Å²) < 4.78 is 70.1. The number of rotatable bonds is 3. The number of aromatic nitrogens is 4. The molecule has 1 aliphatic rings. The van der Waals surface area contributed by atoms with Gasteiger partial charge in [-0.05, 0) is 25.0 Å². The lowest BCUT2D eigenvalue weighted by Crippen LogP contribution is -2.59. The summed E-state index contributed by atoms with van der Waals surface area (Å²) in [6, 6.07) is -2.20. The highest BCUT2D eigenvalue weighted by atomic mass is 19.4. The molecule has 14 heteroatoms. The van der Waals surface area contributed by atoms with Crippen molar-refractivity contribution >= 4 is 28.7 Å². The lowest BCUT2D eigenvalue weighted by Gasteiger charge is -2.42. The van der Waals surface area contributed by atoms with Crippen LogP contribution < -0.4 is 15.8 Å². The summed E-state index contributed by atoms with van der Waals surface area (Å²) in [7, 11) is 2.20. The molecule has 1 atom stereocenters. The summed E-state index contributed by atoms with van der Waals surface area (Å²) in [6.45, 7) is 1.19. The third-order valence-electron chi connectivity index (χ3n) is 5.98. The molecule has 0 spiro atoms. The number of nitrogens with one attached hydrogen (secondary N) is 2. The number of hydrogen-bond donors (Lipinski definition) is 2. The second-order valence-corrected chi connectivity index (χ2v) is 8.48. The molecule has 3 aromatic heterocycles. The van der Waals surface area contributed by atoms with Gasteiger partial charge in [0.05, 0.1) is 18.3 Å². The smallest absolute Gasteiger partial charge is 0.349 e. The molecule has 2 N–H and O–H groups in total. The second-order valence-electron chi connectivity index (χ2n) is 8.48. The molecule has 0 radical (unpaired) electrons. The Morgan fingerprint density at radius 1 is 1.34 bits per heavy atom. The van der Waals surface area contributed by atoms with Crippen molar-refractivity contribution in [2.75, 3.05) is 30.4 Å². The zero-order chi connectivity index (χ0) is 25.7. The van der Waals surface area contributed by atoms with Crippen molar-refractivity contribution in [3.05, 3.63) is 46.1 Å². The molecule has 4 heterocycles. The number of H-pyrrole nitrogens is 1. The van der Waals surface area contributed by atoms with Crippen molar-refractivity contribution in [3.8, 4) is 0 Å². The number of carbonyl (C=O) groups is 1. The van der Waals surface area contributed by atoms with Gasteiger partial charge in [-0.2, -0.15) is 13.2 Å². The topological polar surface area (TPSA) is 99.1 Å². The van der Waals surface area contributed by atoms with E-state index in [0.29, 0.717) is 32.9 Å². The zero-order valence-electron chi connectivity index (χ0n) is 19.0. The van der Waals surface area contributed by atoms with Crippen LogP contribution in [0.4, 0.5) is 38.3 Å². The van der Waals surface area contributed by atoms with Crippen LogP contribution >= 0.6 is 0 Å². The molecular formula is C21H22F5N7O2. The lowest BCUT2D eigenvalue weighted by molar-refractivity contribution is -0.138. The van der Waals surface area contributed by atoms with E-state index in [9.17, 15) is 22.8 Å². The predicted molar refractivity (Wildman–Crippen MR) is 118 cm³/mol. The Hall–Kier alpha value is -3.71. The van der Waals surface area contributed by atoms with Crippen LogP contribution in [0.15, 0.2) is 29.5 Å². The number of hydrogen-bond acceptors (Lipinski definition) is 5. The zero-order valence-corrected chi connectivity index (χ0v) is 19.0. The average molecular weight is 499 g/mol. The monoisotopic (exact) mass is 499 g/mol. The highest BCUT2D eigenvalue weighted by molar-refractivity contribution is 5.89. The number of piperidine rings is 1. The number of aromatic amines is 1. The van der Waals surface area contributed by atoms with E-state index in [2.05, 4.69) is 15.0 Å². The number of carbonyl (C=O) groups excluding carboxylic acids is 1. The first-order chi connectivity index (χ1) is 16.3. The van der Waals surface area contributed by atoms with Crippen molar-refractivity contribution in [2.24, 2.45) is 7.05 Å². The summed E-state index contributed by atoms with van der Waals surface area (Å²) in [4.78, 5) is 38.5.